The van der Waals surface area contributed by atoms with Gasteiger partial charge in [0, 0.05) is 12.8 Å². The molecule has 0 unspecified atom stereocenters. The lowest BCUT2D eigenvalue weighted by molar-refractivity contribution is -0.119. The summed E-state index contributed by atoms with van der Waals surface area (Å²) in [4.78, 5) is 21.5. The number of hydrogen-bond donors (Lipinski definition) is 2. The predicted octanol–water partition coefficient (Wildman–Crippen LogP) is 13.4. The van der Waals surface area contributed by atoms with Gasteiger partial charge in [-0.05, 0) is 60.4 Å². The summed E-state index contributed by atoms with van der Waals surface area (Å²) in [5, 5.41) is 2.81. The van der Waals surface area contributed by atoms with Crippen LogP contribution in [0.5, 0.6) is 0 Å². The standard InChI is InChI=1S/C46H78N2O2/c47-45(49)33-29-25-21-17-13-9-5-1-3-7-11-15-19-23-27-31-41-35-37-44-40-42(36-38-43(44)39-41)32-28-24-20-16-12-8-4-2-6-10-14-18-22-26-30-34-46(48)50/h35-40H,1-34H2,(H2,47,49)(H2,48,50). The SMILES string of the molecule is NC(=O)CCCCCCCCCCCCCCCCCc1ccc2cc(CCCCCCCCCCCCCCCCCC(N)=O)ccc2c1. The number of unbranched alkanes of at least 4 members (excludes halogenated alkanes) is 28. The number of hydrogen-bond acceptors (Lipinski definition) is 2. The third kappa shape index (κ3) is 25.6. The van der Waals surface area contributed by atoms with Crippen LogP contribution in [0.4, 0.5) is 0 Å². The van der Waals surface area contributed by atoms with Crippen molar-refractivity contribution in [1.82, 2.24) is 0 Å². The van der Waals surface area contributed by atoms with E-state index in [0.717, 1.165) is 25.7 Å². The molecule has 284 valence electrons. The number of amides is 2. The van der Waals surface area contributed by atoms with Crippen molar-refractivity contribution < 1.29 is 9.59 Å². The highest BCUT2D eigenvalue weighted by Crippen LogP contribution is 2.22. The molecule has 0 heterocycles. The van der Waals surface area contributed by atoms with Gasteiger partial charge in [-0.2, -0.15) is 0 Å². The number of fused-ring (bicyclic) bond motifs is 1. The van der Waals surface area contributed by atoms with E-state index < -0.39 is 0 Å². The molecule has 0 saturated heterocycles. The number of rotatable bonds is 36. The van der Waals surface area contributed by atoms with Crippen LogP contribution in [-0.2, 0) is 22.4 Å². The fourth-order valence-electron chi connectivity index (χ4n) is 7.51. The fraction of sp³-hybridized carbons (Fsp3) is 0.739. The summed E-state index contributed by atoms with van der Waals surface area (Å²) in [5.41, 5.74) is 13.4. The lowest BCUT2D eigenvalue weighted by atomic mass is 9.98. The molecule has 2 aromatic carbocycles. The molecule has 2 rings (SSSR count). The molecule has 4 N–H and O–H groups in total. The molecule has 0 aliphatic rings. The van der Waals surface area contributed by atoms with E-state index in [1.807, 2.05) is 0 Å². The van der Waals surface area contributed by atoms with Crippen LogP contribution in [0.1, 0.15) is 217 Å². The van der Waals surface area contributed by atoms with E-state index in [2.05, 4.69) is 36.4 Å². The van der Waals surface area contributed by atoms with E-state index in [0.29, 0.717) is 12.8 Å². The van der Waals surface area contributed by atoms with Crippen LogP contribution in [0.2, 0.25) is 0 Å². The number of nitrogens with two attached hydrogens (primary N) is 2. The second-order valence-corrected chi connectivity index (χ2v) is 15.6. The fourth-order valence-corrected chi connectivity index (χ4v) is 7.51. The molecule has 4 heteroatoms. The van der Waals surface area contributed by atoms with Gasteiger partial charge in [-0.15, -0.1) is 0 Å². The lowest BCUT2D eigenvalue weighted by Gasteiger charge is -2.07. The minimum absolute atomic E-state index is 0.157. The number of aryl methyl sites for hydroxylation is 2. The molecule has 50 heavy (non-hydrogen) atoms. The van der Waals surface area contributed by atoms with Crippen molar-refractivity contribution >= 4 is 22.6 Å². The number of primary amides is 2. The number of carbonyl (C=O) groups excluding carboxylic acids is 2. The van der Waals surface area contributed by atoms with Crippen molar-refractivity contribution in [2.45, 2.75) is 218 Å². The number of benzene rings is 2. The van der Waals surface area contributed by atoms with Crippen LogP contribution >= 0.6 is 0 Å². The van der Waals surface area contributed by atoms with Crippen LogP contribution in [0, 0.1) is 0 Å². The maximum atomic E-state index is 10.8. The summed E-state index contributed by atoms with van der Waals surface area (Å²) in [6.45, 7) is 0. The largest absolute Gasteiger partial charge is 0.370 e. The van der Waals surface area contributed by atoms with Crippen molar-refractivity contribution in [1.29, 1.82) is 0 Å². The first-order valence-electron chi connectivity index (χ1n) is 21.6. The molecule has 0 bridgehead atoms. The highest BCUT2D eigenvalue weighted by atomic mass is 16.1. The molecule has 2 amide bonds. The highest BCUT2D eigenvalue weighted by molar-refractivity contribution is 5.83. The van der Waals surface area contributed by atoms with E-state index in [-0.39, 0.29) is 11.8 Å². The first-order valence-corrected chi connectivity index (χ1v) is 21.6. The molecule has 0 aliphatic carbocycles. The van der Waals surface area contributed by atoms with E-state index >= 15 is 0 Å². The Balaban J connectivity index is 1.37. The summed E-state index contributed by atoms with van der Waals surface area (Å²) in [5.74, 6) is -0.314. The molecule has 0 spiro atoms. The van der Waals surface area contributed by atoms with E-state index in [1.54, 1.807) is 0 Å². The molecule has 0 aromatic heterocycles. The minimum Gasteiger partial charge on any atom is -0.370 e. The summed E-state index contributed by atoms with van der Waals surface area (Å²) in [6, 6.07) is 14.3. The quantitative estimate of drug-likeness (QED) is 0.0697. The molecule has 2 aromatic rings. The van der Waals surface area contributed by atoms with Crippen LogP contribution in [-0.4, -0.2) is 11.8 Å². The van der Waals surface area contributed by atoms with Crippen LogP contribution in [0.15, 0.2) is 36.4 Å². The van der Waals surface area contributed by atoms with Crippen molar-refractivity contribution in [2.24, 2.45) is 11.5 Å². The molecule has 0 fully saturated rings. The van der Waals surface area contributed by atoms with E-state index in [4.69, 9.17) is 11.5 Å². The maximum absolute atomic E-state index is 10.8. The van der Waals surface area contributed by atoms with E-state index in [9.17, 15) is 9.59 Å². The Hall–Kier alpha value is -2.36. The molecule has 0 atom stereocenters. The topological polar surface area (TPSA) is 86.2 Å². The Morgan fingerprint density at radius 1 is 0.320 bits per heavy atom. The van der Waals surface area contributed by atoms with Crippen molar-refractivity contribution in [2.75, 3.05) is 0 Å². The van der Waals surface area contributed by atoms with Crippen molar-refractivity contribution in [3.63, 3.8) is 0 Å². The van der Waals surface area contributed by atoms with Gasteiger partial charge in [0.1, 0.15) is 0 Å². The second kappa shape index (κ2) is 31.4. The Labute approximate surface area is 308 Å². The Morgan fingerprint density at radius 3 is 0.780 bits per heavy atom. The van der Waals surface area contributed by atoms with Crippen LogP contribution < -0.4 is 11.5 Å². The van der Waals surface area contributed by atoms with Crippen LogP contribution in [0.3, 0.4) is 0 Å². The zero-order chi connectivity index (χ0) is 35.7. The third-order valence-electron chi connectivity index (χ3n) is 10.7. The normalized spacial score (nSPS) is 11.4. The lowest BCUT2D eigenvalue weighted by Crippen LogP contribution is -2.09. The molecular weight excluding hydrogens is 613 g/mol. The van der Waals surface area contributed by atoms with E-state index in [1.165, 1.54) is 202 Å². The second-order valence-electron chi connectivity index (χ2n) is 15.6. The smallest absolute Gasteiger partial charge is 0.217 e. The third-order valence-corrected chi connectivity index (χ3v) is 10.7. The highest BCUT2D eigenvalue weighted by Gasteiger charge is 2.02. The monoisotopic (exact) mass is 691 g/mol. The Kier molecular flexibility index (Phi) is 27.5. The predicted molar refractivity (Wildman–Crippen MR) is 217 cm³/mol. The van der Waals surface area contributed by atoms with Gasteiger partial charge in [0.15, 0.2) is 0 Å². The van der Waals surface area contributed by atoms with Crippen LogP contribution in [0.25, 0.3) is 10.8 Å². The van der Waals surface area contributed by atoms with Crippen molar-refractivity contribution in [3.05, 3.63) is 47.5 Å². The summed E-state index contributed by atoms with van der Waals surface area (Å²) in [6.07, 6.45) is 43.3. The first kappa shape index (κ1) is 43.8. The zero-order valence-corrected chi connectivity index (χ0v) is 32.5. The molecule has 0 aliphatic heterocycles. The molecule has 0 radical (unpaired) electrons. The van der Waals surface area contributed by atoms with Gasteiger partial charge in [0.25, 0.3) is 0 Å². The average Bonchev–Trinajstić information content (AvgIpc) is 3.10. The molecule has 4 nitrogen and oxygen atoms in total. The molecular formula is C46H78N2O2. The Morgan fingerprint density at radius 2 is 0.540 bits per heavy atom. The van der Waals surface area contributed by atoms with Gasteiger partial charge in [0.2, 0.25) is 11.8 Å². The van der Waals surface area contributed by atoms with Gasteiger partial charge in [-0.1, -0.05) is 203 Å². The first-order chi connectivity index (χ1) is 24.5. The zero-order valence-electron chi connectivity index (χ0n) is 32.5. The Bertz CT molecular complexity index is 1030. The average molecular weight is 691 g/mol. The van der Waals surface area contributed by atoms with Gasteiger partial charge < -0.3 is 11.5 Å². The summed E-state index contributed by atoms with van der Waals surface area (Å²) in [7, 11) is 0. The van der Waals surface area contributed by atoms with Gasteiger partial charge in [-0.25, -0.2) is 0 Å². The van der Waals surface area contributed by atoms with Gasteiger partial charge in [-0.3, -0.25) is 9.59 Å². The maximum Gasteiger partial charge on any atom is 0.217 e. The number of carbonyl (C=O) groups is 2. The van der Waals surface area contributed by atoms with Gasteiger partial charge in [0.05, 0.1) is 0 Å². The van der Waals surface area contributed by atoms with Gasteiger partial charge >= 0.3 is 0 Å². The minimum atomic E-state index is -0.157. The summed E-state index contributed by atoms with van der Waals surface area (Å²) >= 11 is 0. The molecule has 0 saturated carbocycles. The van der Waals surface area contributed by atoms with Crippen molar-refractivity contribution in [3.8, 4) is 0 Å². The summed E-state index contributed by atoms with van der Waals surface area (Å²) < 4.78 is 0.